The maximum atomic E-state index is 6.03. The molecule has 0 aromatic carbocycles. The normalized spacial score (nSPS) is 19.5. The fourth-order valence-corrected chi connectivity index (χ4v) is 3.18. The van der Waals surface area contributed by atoms with Crippen LogP contribution in [0.15, 0.2) is 4.47 Å². The summed E-state index contributed by atoms with van der Waals surface area (Å²) in [5.41, 5.74) is 7.12. The molecule has 0 spiro atoms. The molecule has 4 heteroatoms. The molecule has 0 unspecified atom stereocenters. The minimum absolute atomic E-state index is 0.580. The van der Waals surface area contributed by atoms with Gasteiger partial charge in [0.2, 0.25) is 0 Å². The minimum atomic E-state index is 0.580. The van der Waals surface area contributed by atoms with Crippen molar-refractivity contribution in [2.24, 2.45) is 11.8 Å². The van der Waals surface area contributed by atoms with Gasteiger partial charge in [-0.1, -0.05) is 13.3 Å². The molecule has 18 heavy (non-hydrogen) atoms. The number of aromatic nitrogens is 2. The van der Waals surface area contributed by atoms with Crippen molar-refractivity contribution in [3.05, 3.63) is 16.0 Å². The number of hydrogen-bond donors (Lipinski definition) is 1. The van der Waals surface area contributed by atoms with Gasteiger partial charge in [-0.2, -0.15) is 0 Å². The zero-order chi connectivity index (χ0) is 12.7. The van der Waals surface area contributed by atoms with E-state index in [4.69, 9.17) is 10.7 Å². The second-order valence-corrected chi connectivity index (χ2v) is 6.47. The Kier molecular flexibility index (Phi) is 3.31. The van der Waals surface area contributed by atoms with Crippen molar-refractivity contribution < 1.29 is 0 Å². The van der Waals surface area contributed by atoms with Crippen LogP contribution >= 0.6 is 15.9 Å². The van der Waals surface area contributed by atoms with E-state index in [-0.39, 0.29) is 0 Å². The largest absolute Gasteiger partial charge is 0.383 e. The molecule has 0 amide bonds. The number of halogens is 1. The molecule has 1 aromatic heterocycles. The van der Waals surface area contributed by atoms with Gasteiger partial charge in [-0.25, -0.2) is 9.97 Å². The SMILES string of the molecule is CCCc1nc(C(C2CC2)C2CC2)nc(N)c1Br. The van der Waals surface area contributed by atoms with Gasteiger partial charge in [0, 0.05) is 5.92 Å². The molecule has 0 aliphatic heterocycles. The van der Waals surface area contributed by atoms with Gasteiger partial charge < -0.3 is 5.73 Å². The first-order valence-corrected chi connectivity index (χ1v) is 7.81. The van der Waals surface area contributed by atoms with Crippen molar-refractivity contribution in [3.63, 3.8) is 0 Å². The van der Waals surface area contributed by atoms with Gasteiger partial charge in [0.1, 0.15) is 11.6 Å². The number of aryl methyl sites for hydroxylation is 1. The van der Waals surface area contributed by atoms with Crippen LogP contribution in [0.2, 0.25) is 0 Å². The Labute approximate surface area is 117 Å². The number of nitrogens with two attached hydrogens (primary N) is 1. The number of nitrogens with zero attached hydrogens (tertiary/aromatic N) is 2. The Morgan fingerprint density at radius 1 is 1.22 bits per heavy atom. The first-order valence-electron chi connectivity index (χ1n) is 7.02. The third-order valence-electron chi connectivity index (χ3n) is 4.01. The third kappa shape index (κ3) is 2.40. The molecule has 0 saturated heterocycles. The van der Waals surface area contributed by atoms with Crippen LogP contribution in [0.3, 0.4) is 0 Å². The van der Waals surface area contributed by atoms with E-state index in [1.54, 1.807) is 0 Å². The standard InChI is InChI=1S/C14H20BrN3/c1-2-3-10-12(15)13(16)18-14(17-10)11(8-4-5-8)9-6-7-9/h8-9,11H,2-7H2,1H3,(H2,16,17,18). The highest BCUT2D eigenvalue weighted by Crippen LogP contribution is 2.53. The third-order valence-corrected chi connectivity index (χ3v) is 4.87. The Balaban J connectivity index is 1.94. The molecule has 2 fully saturated rings. The van der Waals surface area contributed by atoms with Crippen molar-refractivity contribution in [2.75, 3.05) is 5.73 Å². The average Bonchev–Trinajstić information content (AvgIpc) is 3.19. The van der Waals surface area contributed by atoms with Gasteiger partial charge in [0.05, 0.1) is 10.2 Å². The van der Waals surface area contributed by atoms with Crippen molar-refractivity contribution in [1.29, 1.82) is 0 Å². The average molecular weight is 310 g/mol. The molecule has 2 saturated carbocycles. The van der Waals surface area contributed by atoms with E-state index in [1.807, 2.05) is 0 Å². The van der Waals surface area contributed by atoms with E-state index >= 15 is 0 Å². The van der Waals surface area contributed by atoms with Crippen molar-refractivity contribution in [2.45, 2.75) is 51.4 Å². The fraction of sp³-hybridized carbons (Fsp3) is 0.714. The Hall–Kier alpha value is -0.640. The molecule has 98 valence electrons. The van der Waals surface area contributed by atoms with E-state index in [0.29, 0.717) is 11.7 Å². The summed E-state index contributed by atoms with van der Waals surface area (Å²) in [6.07, 6.45) is 7.47. The van der Waals surface area contributed by atoms with E-state index < -0.39 is 0 Å². The summed E-state index contributed by atoms with van der Waals surface area (Å²) in [6.45, 7) is 2.17. The highest BCUT2D eigenvalue weighted by Gasteiger charge is 2.44. The lowest BCUT2D eigenvalue weighted by molar-refractivity contribution is 0.506. The lowest BCUT2D eigenvalue weighted by atomic mass is 9.96. The summed E-state index contributed by atoms with van der Waals surface area (Å²) in [5.74, 6) is 3.87. The summed E-state index contributed by atoms with van der Waals surface area (Å²) >= 11 is 3.52. The van der Waals surface area contributed by atoms with Crippen LogP contribution in [0.25, 0.3) is 0 Å². The summed E-state index contributed by atoms with van der Waals surface area (Å²) in [7, 11) is 0. The molecular formula is C14H20BrN3. The van der Waals surface area contributed by atoms with Gasteiger partial charge in [-0.05, 0) is 59.9 Å². The fourth-order valence-electron chi connectivity index (χ4n) is 2.80. The van der Waals surface area contributed by atoms with Gasteiger partial charge in [-0.15, -0.1) is 0 Å². The quantitative estimate of drug-likeness (QED) is 0.902. The van der Waals surface area contributed by atoms with E-state index in [1.165, 1.54) is 25.7 Å². The van der Waals surface area contributed by atoms with E-state index in [2.05, 4.69) is 27.8 Å². The highest BCUT2D eigenvalue weighted by molar-refractivity contribution is 9.10. The molecule has 1 aromatic rings. The van der Waals surface area contributed by atoms with Crippen LogP contribution in [0.5, 0.6) is 0 Å². The molecule has 0 bridgehead atoms. The molecule has 2 aliphatic rings. The van der Waals surface area contributed by atoms with Crippen LogP contribution in [-0.4, -0.2) is 9.97 Å². The monoisotopic (exact) mass is 309 g/mol. The predicted octanol–water partition coefficient (Wildman–Crippen LogP) is 3.68. The van der Waals surface area contributed by atoms with Gasteiger partial charge in [-0.3, -0.25) is 0 Å². The Bertz CT molecular complexity index is 441. The number of anilines is 1. The molecular weight excluding hydrogens is 290 g/mol. The van der Waals surface area contributed by atoms with Crippen LogP contribution in [-0.2, 0) is 6.42 Å². The highest BCUT2D eigenvalue weighted by atomic mass is 79.9. The zero-order valence-corrected chi connectivity index (χ0v) is 12.4. The van der Waals surface area contributed by atoms with Crippen LogP contribution in [0.1, 0.15) is 56.5 Å². The lowest BCUT2D eigenvalue weighted by Crippen LogP contribution is -2.13. The van der Waals surface area contributed by atoms with Crippen molar-refractivity contribution in [3.8, 4) is 0 Å². The van der Waals surface area contributed by atoms with Crippen LogP contribution in [0, 0.1) is 11.8 Å². The summed E-state index contributed by atoms with van der Waals surface area (Å²) in [5, 5.41) is 0. The molecule has 0 atom stereocenters. The maximum Gasteiger partial charge on any atom is 0.141 e. The molecule has 2 N–H and O–H groups in total. The maximum absolute atomic E-state index is 6.03. The number of nitrogen functional groups attached to an aromatic ring is 1. The van der Waals surface area contributed by atoms with Gasteiger partial charge in [0.25, 0.3) is 0 Å². The van der Waals surface area contributed by atoms with Crippen molar-refractivity contribution in [1.82, 2.24) is 9.97 Å². The molecule has 3 rings (SSSR count). The minimum Gasteiger partial charge on any atom is -0.383 e. The second-order valence-electron chi connectivity index (χ2n) is 5.68. The molecule has 3 nitrogen and oxygen atoms in total. The molecule has 0 radical (unpaired) electrons. The predicted molar refractivity (Wildman–Crippen MR) is 76.3 cm³/mol. The zero-order valence-electron chi connectivity index (χ0n) is 10.8. The van der Waals surface area contributed by atoms with E-state index in [9.17, 15) is 0 Å². The number of hydrogen-bond acceptors (Lipinski definition) is 3. The van der Waals surface area contributed by atoms with Crippen molar-refractivity contribution >= 4 is 21.7 Å². The van der Waals surface area contributed by atoms with Crippen LogP contribution in [0.4, 0.5) is 5.82 Å². The Morgan fingerprint density at radius 3 is 2.33 bits per heavy atom. The van der Waals surface area contributed by atoms with Gasteiger partial charge in [0.15, 0.2) is 0 Å². The smallest absolute Gasteiger partial charge is 0.141 e. The first kappa shape index (κ1) is 12.4. The number of rotatable bonds is 5. The second kappa shape index (κ2) is 4.80. The topological polar surface area (TPSA) is 51.8 Å². The van der Waals surface area contributed by atoms with Crippen LogP contribution < -0.4 is 5.73 Å². The van der Waals surface area contributed by atoms with E-state index in [0.717, 1.165) is 40.7 Å². The molecule has 1 heterocycles. The summed E-state index contributed by atoms with van der Waals surface area (Å²) in [4.78, 5) is 9.37. The lowest BCUT2D eigenvalue weighted by Gasteiger charge is -2.16. The summed E-state index contributed by atoms with van der Waals surface area (Å²) < 4.78 is 0.901. The Morgan fingerprint density at radius 2 is 1.83 bits per heavy atom. The molecule has 2 aliphatic carbocycles. The summed E-state index contributed by atoms with van der Waals surface area (Å²) in [6, 6.07) is 0. The first-order chi connectivity index (χ1) is 8.70. The van der Waals surface area contributed by atoms with Gasteiger partial charge >= 0.3 is 0 Å².